The van der Waals surface area contributed by atoms with Crippen LogP contribution in [0.25, 0.3) is 11.5 Å². The molecule has 5 nitrogen and oxygen atoms in total. The van der Waals surface area contributed by atoms with Gasteiger partial charge >= 0.3 is 0 Å². The molecule has 0 fully saturated rings. The fraction of sp³-hybridized carbons (Fsp3) is 0.364. The highest BCUT2D eigenvalue weighted by Crippen LogP contribution is 2.24. The predicted octanol–water partition coefficient (Wildman–Crippen LogP) is 2.46. The molecule has 0 aliphatic carbocycles. The van der Waals surface area contributed by atoms with E-state index in [1.165, 1.54) is 0 Å². The van der Waals surface area contributed by atoms with E-state index in [1.54, 1.807) is 18.3 Å². The molecule has 0 radical (unpaired) electrons. The van der Waals surface area contributed by atoms with Crippen molar-refractivity contribution in [1.29, 1.82) is 0 Å². The number of nitrogens with zero attached hydrogens (tertiary/aromatic N) is 3. The van der Waals surface area contributed by atoms with Gasteiger partial charge in [0.2, 0.25) is 11.7 Å². The molecule has 1 unspecified atom stereocenters. The van der Waals surface area contributed by atoms with Crippen LogP contribution in [0.3, 0.4) is 0 Å². The van der Waals surface area contributed by atoms with Crippen molar-refractivity contribution >= 4 is 11.6 Å². The van der Waals surface area contributed by atoms with Gasteiger partial charge in [0.1, 0.15) is 5.69 Å². The lowest BCUT2D eigenvalue weighted by Crippen LogP contribution is -2.15. The SMILES string of the molecule is CCC(NC)c1nc(-c2ncccc2Cl)no1. The number of aromatic nitrogens is 3. The number of hydrogen-bond acceptors (Lipinski definition) is 5. The molecule has 0 spiro atoms. The Hall–Kier alpha value is -1.46. The van der Waals surface area contributed by atoms with E-state index in [0.29, 0.717) is 22.4 Å². The number of hydrogen-bond donors (Lipinski definition) is 1. The Kier molecular flexibility index (Phi) is 3.71. The molecular formula is C11H13ClN4O. The Morgan fingerprint density at radius 3 is 3.00 bits per heavy atom. The van der Waals surface area contributed by atoms with E-state index in [4.69, 9.17) is 16.1 Å². The topological polar surface area (TPSA) is 63.8 Å². The van der Waals surface area contributed by atoms with E-state index in [-0.39, 0.29) is 6.04 Å². The molecule has 2 heterocycles. The first-order valence-electron chi connectivity index (χ1n) is 5.38. The Morgan fingerprint density at radius 1 is 1.53 bits per heavy atom. The van der Waals surface area contributed by atoms with Crippen LogP contribution in [0.2, 0.25) is 5.02 Å². The smallest absolute Gasteiger partial charge is 0.244 e. The second kappa shape index (κ2) is 5.25. The molecule has 0 bridgehead atoms. The third-order valence-electron chi connectivity index (χ3n) is 2.47. The Morgan fingerprint density at radius 2 is 2.35 bits per heavy atom. The first-order chi connectivity index (χ1) is 8.26. The van der Waals surface area contributed by atoms with Crippen LogP contribution in [0, 0.1) is 0 Å². The van der Waals surface area contributed by atoms with Crippen LogP contribution in [-0.2, 0) is 0 Å². The molecular weight excluding hydrogens is 240 g/mol. The maximum absolute atomic E-state index is 6.02. The minimum absolute atomic E-state index is 0.0544. The summed E-state index contributed by atoms with van der Waals surface area (Å²) in [5.74, 6) is 0.964. The van der Waals surface area contributed by atoms with Gasteiger partial charge in [-0.25, -0.2) is 0 Å². The normalized spacial score (nSPS) is 12.6. The van der Waals surface area contributed by atoms with Crippen molar-refractivity contribution in [3.63, 3.8) is 0 Å². The maximum atomic E-state index is 6.02. The molecule has 2 rings (SSSR count). The zero-order chi connectivity index (χ0) is 12.3. The molecule has 6 heteroatoms. The lowest BCUT2D eigenvalue weighted by Gasteiger charge is -2.06. The zero-order valence-corrected chi connectivity index (χ0v) is 10.4. The lowest BCUT2D eigenvalue weighted by atomic mass is 10.2. The number of halogens is 1. The average Bonchev–Trinajstić information content (AvgIpc) is 2.81. The van der Waals surface area contributed by atoms with Crippen LogP contribution in [-0.4, -0.2) is 22.2 Å². The summed E-state index contributed by atoms with van der Waals surface area (Å²) in [7, 11) is 1.85. The third kappa shape index (κ3) is 2.45. The molecule has 1 atom stereocenters. The van der Waals surface area contributed by atoms with Crippen LogP contribution in [0.4, 0.5) is 0 Å². The minimum Gasteiger partial charge on any atom is -0.337 e. The number of nitrogens with one attached hydrogen (secondary N) is 1. The minimum atomic E-state index is 0.0544. The maximum Gasteiger partial charge on any atom is 0.244 e. The molecule has 0 saturated heterocycles. The van der Waals surface area contributed by atoms with Crippen molar-refractivity contribution in [3.8, 4) is 11.5 Å². The second-order valence-corrected chi connectivity index (χ2v) is 3.95. The molecule has 0 aromatic carbocycles. The quantitative estimate of drug-likeness (QED) is 0.906. The van der Waals surface area contributed by atoms with Crippen molar-refractivity contribution in [2.24, 2.45) is 0 Å². The summed E-state index contributed by atoms with van der Waals surface area (Å²) < 4.78 is 5.20. The van der Waals surface area contributed by atoms with E-state index in [9.17, 15) is 0 Å². The van der Waals surface area contributed by atoms with Gasteiger partial charge in [-0.15, -0.1) is 0 Å². The van der Waals surface area contributed by atoms with E-state index in [0.717, 1.165) is 6.42 Å². The number of rotatable bonds is 4. The third-order valence-corrected chi connectivity index (χ3v) is 2.77. The van der Waals surface area contributed by atoms with Gasteiger partial charge in [-0.1, -0.05) is 23.7 Å². The summed E-state index contributed by atoms with van der Waals surface area (Å²) >= 11 is 6.02. The van der Waals surface area contributed by atoms with Gasteiger partial charge in [-0.05, 0) is 25.6 Å². The van der Waals surface area contributed by atoms with Crippen molar-refractivity contribution < 1.29 is 4.52 Å². The summed E-state index contributed by atoms with van der Waals surface area (Å²) in [5, 5.41) is 7.50. The van der Waals surface area contributed by atoms with Crippen LogP contribution < -0.4 is 5.32 Å². The van der Waals surface area contributed by atoms with E-state index >= 15 is 0 Å². The second-order valence-electron chi connectivity index (χ2n) is 3.54. The highest BCUT2D eigenvalue weighted by atomic mass is 35.5. The Bertz CT molecular complexity index is 496. The van der Waals surface area contributed by atoms with Crippen molar-refractivity contribution in [3.05, 3.63) is 29.2 Å². The van der Waals surface area contributed by atoms with Crippen molar-refractivity contribution in [2.45, 2.75) is 19.4 Å². The van der Waals surface area contributed by atoms with Gasteiger partial charge in [0.25, 0.3) is 0 Å². The largest absolute Gasteiger partial charge is 0.337 e. The molecule has 2 aromatic rings. The monoisotopic (exact) mass is 252 g/mol. The fourth-order valence-electron chi connectivity index (χ4n) is 1.53. The van der Waals surface area contributed by atoms with Gasteiger partial charge < -0.3 is 9.84 Å². The molecule has 2 aromatic heterocycles. The molecule has 0 saturated carbocycles. The molecule has 0 amide bonds. The zero-order valence-electron chi connectivity index (χ0n) is 9.64. The van der Waals surface area contributed by atoms with Crippen LogP contribution in [0.15, 0.2) is 22.9 Å². The van der Waals surface area contributed by atoms with Gasteiger partial charge in [-0.2, -0.15) is 4.98 Å². The summed E-state index contributed by atoms with van der Waals surface area (Å²) in [6.45, 7) is 2.04. The molecule has 0 aliphatic heterocycles. The van der Waals surface area contributed by atoms with Crippen molar-refractivity contribution in [1.82, 2.24) is 20.4 Å². The molecule has 1 N–H and O–H groups in total. The van der Waals surface area contributed by atoms with E-state index < -0.39 is 0 Å². The van der Waals surface area contributed by atoms with Gasteiger partial charge in [-0.3, -0.25) is 4.98 Å². The van der Waals surface area contributed by atoms with Gasteiger partial charge in [0.05, 0.1) is 11.1 Å². The summed E-state index contributed by atoms with van der Waals surface area (Å²) in [6.07, 6.45) is 2.51. The van der Waals surface area contributed by atoms with Crippen LogP contribution >= 0.6 is 11.6 Å². The van der Waals surface area contributed by atoms with Gasteiger partial charge in [0, 0.05) is 6.20 Å². The Balaban J connectivity index is 2.33. The van der Waals surface area contributed by atoms with Crippen LogP contribution in [0.5, 0.6) is 0 Å². The summed E-state index contributed by atoms with van der Waals surface area (Å²) in [6, 6.07) is 3.56. The standard InChI is InChI=1S/C11H13ClN4O/c1-3-8(13-2)11-15-10(16-17-11)9-7(12)5-4-6-14-9/h4-6,8,13H,3H2,1-2H3. The average molecular weight is 253 g/mol. The van der Waals surface area contributed by atoms with Crippen molar-refractivity contribution in [2.75, 3.05) is 7.05 Å². The fourth-order valence-corrected chi connectivity index (χ4v) is 1.73. The highest BCUT2D eigenvalue weighted by Gasteiger charge is 2.17. The van der Waals surface area contributed by atoms with Gasteiger partial charge in [0.15, 0.2) is 0 Å². The first kappa shape index (κ1) is 12.0. The lowest BCUT2D eigenvalue weighted by molar-refractivity contribution is 0.334. The Labute approximate surface area is 104 Å². The molecule has 0 aliphatic rings. The van der Waals surface area contributed by atoms with E-state index in [2.05, 4.69) is 20.4 Å². The molecule has 17 heavy (non-hydrogen) atoms. The predicted molar refractivity (Wildman–Crippen MR) is 64.6 cm³/mol. The summed E-state index contributed by atoms with van der Waals surface area (Å²) in [4.78, 5) is 8.43. The van der Waals surface area contributed by atoms with E-state index in [1.807, 2.05) is 14.0 Å². The number of pyridine rings is 1. The molecule has 90 valence electrons. The summed E-state index contributed by atoms with van der Waals surface area (Å²) in [5.41, 5.74) is 0.537. The first-order valence-corrected chi connectivity index (χ1v) is 5.75. The van der Waals surface area contributed by atoms with Crippen LogP contribution in [0.1, 0.15) is 25.3 Å². The highest BCUT2D eigenvalue weighted by molar-refractivity contribution is 6.32.